The Hall–Kier alpha value is -1.81. The lowest BCUT2D eigenvalue weighted by Crippen LogP contribution is -2.20. The van der Waals surface area contributed by atoms with E-state index >= 15 is 0 Å². The molecule has 19 heavy (non-hydrogen) atoms. The molecule has 0 aliphatic rings. The Morgan fingerprint density at radius 1 is 1.26 bits per heavy atom. The van der Waals surface area contributed by atoms with Crippen LogP contribution in [0.5, 0.6) is 5.75 Å². The van der Waals surface area contributed by atoms with E-state index in [1.165, 1.54) is 5.56 Å². The minimum absolute atomic E-state index is 0.199. The maximum absolute atomic E-state index is 5.79. The normalized spacial score (nSPS) is 10.9. The third-order valence-corrected chi connectivity index (χ3v) is 2.73. The molecule has 1 aromatic carbocycles. The van der Waals surface area contributed by atoms with E-state index in [1.807, 2.05) is 49.0 Å². The van der Waals surface area contributed by atoms with E-state index in [0.29, 0.717) is 0 Å². The SMILES string of the molecule is CC(C)Oc1ccccc1CNCCn1cccn1. The highest BCUT2D eigenvalue weighted by Gasteiger charge is 2.04. The molecule has 102 valence electrons. The van der Waals surface area contributed by atoms with Gasteiger partial charge in [0.1, 0.15) is 5.75 Å². The Kier molecular flexibility index (Phi) is 4.98. The maximum atomic E-state index is 5.79. The summed E-state index contributed by atoms with van der Waals surface area (Å²) >= 11 is 0. The first-order valence-electron chi connectivity index (χ1n) is 6.68. The molecule has 2 rings (SSSR count). The van der Waals surface area contributed by atoms with Crippen molar-refractivity contribution in [2.75, 3.05) is 6.54 Å². The van der Waals surface area contributed by atoms with Gasteiger partial charge in [-0.05, 0) is 26.0 Å². The van der Waals surface area contributed by atoms with E-state index < -0.39 is 0 Å². The average molecular weight is 259 g/mol. The minimum atomic E-state index is 0.199. The van der Waals surface area contributed by atoms with Crippen LogP contribution in [0.25, 0.3) is 0 Å². The molecule has 1 N–H and O–H groups in total. The first-order chi connectivity index (χ1) is 9.25. The summed E-state index contributed by atoms with van der Waals surface area (Å²) in [6, 6.07) is 10.1. The van der Waals surface area contributed by atoms with Gasteiger partial charge in [0.2, 0.25) is 0 Å². The summed E-state index contributed by atoms with van der Waals surface area (Å²) < 4.78 is 7.71. The number of rotatable bonds is 7. The summed E-state index contributed by atoms with van der Waals surface area (Å²) in [5, 5.41) is 7.58. The second-order valence-electron chi connectivity index (χ2n) is 4.72. The van der Waals surface area contributed by atoms with Crippen LogP contribution in [-0.4, -0.2) is 22.4 Å². The van der Waals surface area contributed by atoms with Gasteiger partial charge in [-0.3, -0.25) is 4.68 Å². The molecule has 4 nitrogen and oxygen atoms in total. The number of aromatic nitrogens is 2. The van der Waals surface area contributed by atoms with Crippen LogP contribution in [0.4, 0.5) is 0 Å². The second kappa shape index (κ2) is 6.95. The molecule has 4 heteroatoms. The zero-order chi connectivity index (χ0) is 13.5. The van der Waals surface area contributed by atoms with Crippen LogP contribution < -0.4 is 10.1 Å². The first-order valence-corrected chi connectivity index (χ1v) is 6.68. The van der Waals surface area contributed by atoms with Gasteiger partial charge in [0.15, 0.2) is 0 Å². The zero-order valence-electron chi connectivity index (χ0n) is 11.5. The van der Waals surface area contributed by atoms with Crippen LogP contribution in [0.1, 0.15) is 19.4 Å². The molecule has 0 radical (unpaired) electrons. The van der Waals surface area contributed by atoms with Crippen LogP contribution in [0.2, 0.25) is 0 Å². The second-order valence-corrected chi connectivity index (χ2v) is 4.72. The lowest BCUT2D eigenvalue weighted by Gasteiger charge is -2.14. The first kappa shape index (κ1) is 13.6. The highest BCUT2D eigenvalue weighted by molar-refractivity contribution is 5.33. The highest BCUT2D eigenvalue weighted by atomic mass is 16.5. The van der Waals surface area contributed by atoms with Crippen LogP contribution in [-0.2, 0) is 13.1 Å². The molecular weight excluding hydrogens is 238 g/mol. The molecule has 0 unspecified atom stereocenters. The van der Waals surface area contributed by atoms with Crippen molar-refractivity contribution in [3.8, 4) is 5.75 Å². The molecule has 0 saturated carbocycles. The van der Waals surface area contributed by atoms with Gasteiger partial charge in [-0.1, -0.05) is 18.2 Å². The Morgan fingerprint density at radius 3 is 2.84 bits per heavy atom. The summed E-state index contributed by atoms with van der Waals surface area (Å²) in [6.07, 6.45) is 3.97. The van der Waals surface area contributed by atoms with Gasteiger partial charge in [-0.15, -0.1) is 0 Å². The van der Waals surface area contributed by atoms with Crippen LogP contribution in [0.3, 0.4) is 0 Å². The van der Waals surface area contributed by atoms with E-state index in [9.17, 15) is 0 Å². The fourth-order valence-electron chi connectivity index (χ4n) is 1.87. The predicted molar refractivity (Wildman–Crippen MR) is 76.1 cm³/mol. The van der Waals surface area contributed by atoms with Gasteiger partial charge in [-0.2, -0.15) is 5.10 Å². The average Bonchev–Trinajstić information content (AvgIpc) is 2.89. The molecule has 0 fully saturated rings. The lowest BCUT2D eigenvalue weighted by atomic mass is 10.2. The number of nitrogens with one attached hydrogen (secondary N) is 1. The van der Waals surface area contributed by atoms with E-state index in [0.717, 1.165) is 25.4 Å². The van der Waals surface area contributed by atoms with Crippen molar-refractivity contribution in [3.05, 3.63) is 48.3 Å². The highest BCUT2D eigenvalue weighted by Crippen LogP contribution is 2.18. The summed E-state index contributed by atoms with van der Waals surface area (Å²) in [4.78, 5) is 0. The molecule has 0 aliphatic heterocycles. The van der Waals surface area contributed by atoms with Gasteiger partial charge in [0, 0.05) is 31.0 Å². The third-order valence-electron chi connectivity index (χ3n) is 2.73. The van der Waals surface area contributed by atoms with E-state index in [4.69, 9.17) is 4.74 Å². The zero-order valence-corrected chi connectivity index (χ0v) is 11.5. The fraction of sp³-hybridized carbons (Fsp3) is 0.400. The van der Waals surface area contributed by atoms with Crippen LogP contribution in [0.15, 0.2) is 42.7 Å². The van der Waals surface area contributed by atoms with Gasteiger partial charge in [0.05, 0.1) is 12.6 Å². The number of nitrogens with zero attached hydrogens (tertiary/aromatic N) is 2. The van der Waals surface area contributed by atoms with E-state index in [2.05, 4.69) is 16.5 Å². The van der Waals surface area contributed by atoms with Gasteiger partial charge in [-0.25, -0.2) is 0 Å². The molecule has 0 bridgehead atoms. The number of ether oxygens (including phenoxy) is 1. The van der Waals surface area contributed by atoms with Crippen molar-refractivity contribution in [2.24, 2.45) is 0 Å². The predicted octanol–water partition coefficient (Wildman–Crippen LogP) is 2.46. The minimum Gasteiger partial charge on any atom is -0.491 e. The monoisotopic (exact) mass is 259 g/mol. The maximum Gasteiger partial charge on any atom is 0.124 e. The summed E-state index contributed by atoms with van der Waals surface area (Å²) in [7, 11) is 0. The smallest absolute Gasteiger partial charge is 0.124 e. The van der Waals surface area contributed by atoms with Crippen molar-refractivity contribution >= 4 is 0 Å². The van der Waals surface area contributed by atoms with Crippen molar-refractivity contribution < 1.29 is 4.74 Å². The Labute approximate surface area is 114 Å². The fourth-order valence-corrected chi connectivity index (χ4v) is 1.87. The van der Waals surface area contributed by atoms with Gasteiger partial charge < -0.3 is 10.1 Å². The Morgan fingerprint density at radius 2 is 2.11 bits per heavy atom. The largest absolute Gasteiger partial charge is 0.491 e. The number of hydrogen-bond donors (Lipinski definition) is 1. The molecular formula is C15H21N3O. The van der Waals surface area contributed by atoms with Crippen molar-refractivity contribution in [1.82, 2.24) is 15.1 Å². The third kappa shape index (κ3) is 4.41. The van der Waals surface area contributed by atoms with Gasteiger partial charge in [0.25, 0.3) is 0 Å². The summed E-state index contributed by atoms with van der Waals surface area (Å²) in [6.45, 7) is 6.66. The van der Waals surface area contributed by atoms with Crippen molar-refractivity contribution in [3.63, 3.8) is 0 Å². The molecule has 0 atom stereocenters. The van der Waals surface area contributed by atoms with Crippen molar-refractivity contribution in [2.45, 2.75) is 33.0 Å². The molecule has 0 amide bonds. The number of hydrogen-bond acceptors (Lipinski definition) is 3. The molecule has 2 aromatic rings. The molecule has 1 aromatic heterocycles. The quantitative estimate of drug-likeness (QED) is 0.776. The summed E-state index contributed by atoms with van der Waals surface area (Å²) in [5.74, 6) is 0.962. The molecule has 1 heterocycles. The van der Waals surface area contributed by atoms with E-state index in [1.54, 1.807) is 6.20 Å². The number of para-hydroxylation sites is 1. The Bertz CT molecular complexity index is 480. The van der Waals surface area contributed by atoms with Gasteiger partial charge >= 0.3 is 0 Å². The van der Waals surface area contributed by atoms with Crippen molar-refractivity contribution in [1.29, 1.82) is 0 Å². The molecule has 0 spiro atoms. The topological polar surface area (TPSA) is 39.1 Å². The number of benzene rings is 1. The standard InChI is InChI=1S/C15H21N3O/c1-13(2)19-15-7-4-3-6-14(15)12-16-9-11-18-10-5-8-17-18/h3-8,10,13,16H,9,11-12H2,1-2H3. The van der Waals surface area contributed by atoms with Crippen LogP contribution in [0, 0.1) is 0 Å². The molecule has 0 saturated heterocycles. The van der Waals surface area contributed by atoms with Crippen LogP contribution >= 0.6 is 0 Å². The molecule has 0 aliphatic carbocycles. The lowest BCUT2D eigenvalue weighted by molar-refractivity contribution is 0.239. The Balaban J connectivity index is 1.82. The van der Waals surface area contributed by atoms with E-state index in [-0.39, 0.29) is 6.10 Å². The summed E-state index contributed by atoms with van der Waals surface area (Å²) in [5.41, 5.74) is 1.19.